The van der Waals surface area contributed by atoms with E-state index in [9.17, 15) is 12.8 Å². The number of aromatic amines is 1. The molecule has 0 atom stereocenters. The lowest BCUT2D eigenvalue weighted by Gasteiger charge is -2.19. The van der Waals surface area contributed by atoms with Gasteiger partial charge >= 0.3 is 10.2 Å². The molecule has 0 spiro atoms. The van der Waals surface area contributed by atoms with Crippen molar-refractivity contribution in [1.82, 2.24) is 19.5 Å². The van der Waals surface area contributed by atoms with Crippen LogP contribution in [-0.4, -0.2) is 41.0 Å². The number of halogens is 1. The third kappa shape index (κ3) is 3.37. The van der Waals surface area contributed by atoms with Gasteiger partial charge in [-0.05, 0) is 18.2 Å². The lowest BCUT2D eigenvalue weighted by atomic mass is 10.2. The summed E-state index contributed by atoms with van der Waals surface area (Å²) < 4.78 is 41.7. The van der Waals surface area contributed by atoms with E-state index in [4.69, 9.17) is 0 Å². The van der Waals surface area contributed by atoms with Crippen molar-refractivity contribution in [2.45, 2.75) is 13.8 Å². The van der Waals surface area contributed by atoms with Crippen LogP contribution in [0.5, 0.6) is 0 Å². The first-order valence-corrected chi connectivity index (χ1v) is 7.85. The number of hydrogen-bond donors (Lipinski definition) is 2. The van der Waals surface area contributed by atoms with Crippen molar-refractivity contribution in [2.75, 3.05) is 17.8 Å². The SMILES string of the molecule is CCN(CC)S(=O)(=O)Nc1ccc(F)c(-c2ncn[nH]2)c1. The predicted octanol–water partition coefficient (Wildman–Crippen LogP) is 1.61. The first-order chi connectivity index (χ1) is 9.97. The molecular weight excluding hydrogens is 297 g/mol. The molecule has 0 aliphatic heterocycles. The molecule has 114 valence electrons. The van der Waals surface area contributed by atoms with E-state index in [1.807, 2.05) is 0 Å². The first kappa shape index (κ1) is 15.4. The average molecular weight is 313 g/mol. The van der Waals surface area contributed by atoms with Gasteiger partial charge in [-0.25, -0.2) is 9.37 Å². The van der Waals surface area contributed by atoms with Crippen molar-refractivity contribution >= 4 is 15.9 Å². The molecule has 2 rings (SSSR count). The van der Waals surface area contributed by atoms with Gasteiger partial charge in [-0.15, -0.1) is 0 Å². The number of anilines is 1. The lowest BCUT2D eigenvalue weighted by molar-refractivity contribution is 0.449. The van der Waals surface area contributed by atoms with Gasteiger partial charge < -0.3 is 0 Å². The molecule has 2 aromatic rings. The Labute approximate surface area is 122 Å². The molecule has 0 fully saturated rings. The van der Waals surface area contributed by atoms with Crippen molar-refractivity contribution in [3.63, 3.8) is 0 Å². The Morgan fingerprint density at radius 1 is 1.33 bits per heavy atom. The highest BCUT2D eigenvalue weighted by Crippen LogP contribution is 2.23. The van der Waals surface area contributed by atoms with Crippen LogP contribution >= 0.6 is 0 Å². The minimum absolute atomic E-state index is 0.146. The van der Waals surface area contributed by atoms with Gasteiger partial charge in [0.15, 0.2) is 5.82 Å². The fourth-order valence-electron chi connectivity index (χ4n) is 1.88. The molecule has 0 unspecified atom stereocenters. The summed E-state index contributed by atoms with van der Waals surface area (Å²) in [6.45, 7) is 4.19. The summed E-state index contributed by atoms with van der Waals surface area (Å²) in [5, 5.41) is 6.19. The van der Waals surface area contributed by atoms with Crippen LogP contribution in [0.4, 0.5) is 10.1 Å². The van der Waals surface area contributed by atoms with Crippen molar-refractivity contribution in [3.8, 4) is 11.4 Å². The van der Waals surface area contributed by atoms with Crippen LogP contribution in [0.25, 0.3) is 11.4 Å². The molecule has 0 aliphatic carbocycles. The predicted molar refractivity (Wildman–Crippen MR) is 77.2 cm³/mol. The smallest absolute Gasteiger partial charge is 0.271 e. The summed E-state index contributed by atoms with van der Waals surface area (Å²) in [4.78, 5) is 3.86. The van der Waals surface area contributed by atoms with Crippen LogP contribution in [0.3, 0.4) is 0 Å². The molecule has 0 saturated carbocycles. The number of H-pyrrole nitrogens is 1. The van der Waals surface area contributed by atoms with E-state index in [0.29, 0.717) is 13.1 Å². The lowest BCUT2D eigenvalue weighted by Crippen LogP contribution is -2.35. The van der Waals surface area contributed by atoms with Gasteiger partial charge in [0.2, 0.25) is 0 Å². The van der Waals surface area contributed by atoms with Gasteiger partial charge in [-0.1, -0.05) is 13.8 Å². The van der Waals surface area contributed by atoms with Crippen LogP contribution in [0.2, 0.25) is 0 Å². The van der Waals surface area contributed by atoms with Crippen molar-refractivity contribution in [3.05, 3.63) is 30.3 Å². The summed E-state index contributed by atoms with van der Waals surface area (Å²) in [6, 6.07) is 3.91. The van der Waals surface area contributed by atoms with E-state index in [2.05, 4.69) is 19.9 Å². The van der Waals surface area contributed by atoms with E-state index in [-0.39, 0.29) is 17.1 Å². The van der Waals surface area contributed by atoms with Crippen LogP contribution in [-0.2, 0) is 10.2 Å². The van der Waals surface area contributed by atoms with Gasteiger partial charge in [0.25, 0.3) is 0 Å². The van der Waals surface area contributed by atoms with E-state index >= 15 is 0 Å². The maximum Gasteiger partial charge on any atom is 0.301 e. The Balaban J connectivity index is 2.32. The largest absolute Gasteiger partial charge is 0.301 e. The fraction of sp³-hybridized carbons (Fsp3) is 0.333. The zero-order valence-electron chi connectivity index (χ0n) is 11.7. The molecule has 21 heavy (non-hydrogen) atoms. The average Bonchev–Trinajstić information content (AvgIpc) is 2.95. The molecule has 0 aliphatic rings. The Bertz CT molecular complexity index is 698. The third-order valence-electron chi connectivity index (χ3n) is 2.93. The van der Waals surface area contributed by atoms with Crippen LogP contribution in [0, 0.1) is 5.82 Å². The molecule has 0 radical (unpaired) electrons. The molecular formula is C12H16FN5O2S. The number of nitrogens with one attached hydrogen (secondary N) is 2. The normalized spacial score (nSPS) is 11.8. The molecule has 9 heteroatoms. The van der Waals surface area contributed by atoms with E-state index in [1.54, 1.807) is 13.8 Å². The molecule has 7 nitrogen and oxygen atoms in total. The van der Waals surface area contributed by atoms with Gasteiger partial charge in [0.1, 0.15) is 12.1 Å². The van der Waals surface area contributed by atoms with E-state index in [1.165, 1.54) is 28.8 Å². The molecule has 1 aromatic heterocycles. The maximum absolute atomic E-state index is 13.8. The zero-order chi connectivity index (χ0) is 15.5. The van der Waals surface area contributed by atoms with Crippen molar-refractivity contribution in [2.24, 2.45) is 0 Å². The second kappa shape index (κ2) is 6.19. The first-order valence-electron chi connectivity index (χ1n) is 6.41. The number of hydrogen-bond acceptors (Lipinski definition) is 4. The Morgan fingerprint density at radius 3 is 2.62 bits per heavy atom. The van der Waals surface area contributed by atoms with Gasteiger partial charge in [-0.3, -0.25) is 9.82 Å². The van der Waals surface area contributed by atoms with E-state index < -0.39 is 16.0 Å². The van der Waals surface area contributed by atoms with Gasteiger partial charge in [-0.2, -0.15) is 17.8 Å². The third-order valence-corrected chi connectivity index (χ3v) is 4.62. The quantitative estimate of drug-likeness (QED) is 0.847. The molecule has 0 saturated heterocycles. The Morgan fingerprint density at radius 2 is 2.05 bits per heavy atom. The highest BCUT2D eigenvalue weighted by atomic mass is 32.2. The summed E-state index contributed by atoms with van der Waals surface area (Å²) in [5.74, 6) is -0.283. The molecule has 1 aromatic carbocycles. The molecule has 0 bridgehead atoms. The van der Waals surface area contributed by atoms with Crippen LogP contribution in [0.15, 0.2) is 24.5 Å². The maximum atomic E-state index is 13.8. The highest BCUT2D eigenvalue weighted by Gasteiger charge is 2.19. The van der Waals surface area contributed by atoms with Gasteiger partial charge in [0.05, 0.1) is 11.3 Å². The highest BCUT2D eigenvalue weighted by molar-refractivity contribution is 7.90. The Hall–Kier alpha value is -2.00. The number of aromatic nitrogens is 3. The summed E-state index contributed by atoms with van der Waals surface area (Å²) >= 11 is 0. The van der Waals surface area contributed by atoms with Crippen molar-refractivity contribution in [1.29, 1.82) is 0 Å². The minimum Gasteiger partial charge on any atom is -0.271 e. The van der Waals surface area contributed by atoms with Crippen molar-refractivity contribution < 1.29 is 12.8 Å². The molecule has 0 amide bonds. The molecule has 1 heterocycles. The van der Waals surface area contributed by atoms with E-state index in [0.717, 1.165) is 0 Å². The van der Waals surface area contributed by atoms with Crippen LogP contribution < -0.4 is 4.72 Å². The minimum atomic E-state index is -3.66. The summed E-state index contributed by atoms with van der Waals surface area (Å²) in [7, 11) is -3.66. The zero-order valence-corrected chi connectivity index (χ0v) is 12.5. The topological polar surface area (TPSA) is 91.0 Å². The number of nitrogens with zero attached hydrogens (tertiary/aromatic N) is 3. The molecule has 2 N–H and O–H groups in total. The standard InChI is InChI=1S/C12H16FN5O2S/c1-3-18(4-2)21(19,20)17-9-5-6-11(13)10(7-9)12-14-8-15-16-12/h5-8,17H,3-4H2,1-2H3,(H,14,15,16). The summed E-state index contributed by atoms with van der Waals surface area (Å²) in [5.41, 5.74) is 0.405. The number of benzene rings is 1. The Kier molecular flexibility index (Phi) is 4.53. The summed E-state index contributed by atoms with van der Waals surface area (Å²) in [6.07, 6.45) is 1.25. The van der Waals surface area contributed by atoms with Gasteiger partial charge in [0, 0.05) is 13.1 Å². The number of rotatable bonds is 6. The van der Waals surface area contributed by atoms with Crippen LogP contribution in [0.1, 0.15) is 13.8 Å². The fourth-order valence-corrected chi connectivity index (χ4v) is 3.12. The second-order valence-corrected chi connectivity index (χ2v) is 5.89. The monoisotopic (exact) mass is 313 g/mol. The second-order valence-electron chi connectivity index (χ2n) is 4.22.